The number of thiazole rings is 1. The predicted octanol–water partition coefficient (Wildman–Crippen LogP) is 4.32. The summed E-state index contributed by atoms with van der Waals surface area (Å²) in [6.07, 6.45) is 3.96. The normalized spacial score (nSPS) is 18.8. The number of benzene rings is 2. The van der Waals surface area contributed by atoms with Crippen LogP contribution in [0.4, 0.5) is 5.13 Å². The molecule has 0 radical (unpaired) electrons. The average Bonchev–Trinajstić information content (AvgIpc) is 3.28. The van der Waals surface area contributed by atoms with Crippen LogP contribution >= 0.6 is 11.3 Å². The number of hydrogen-bond acceptors (Lipinski definition) is 8. The Hall–Kier alpha value is -3.25. The average molecular weight is 460 g/mol. The molecular weight excluding hydrogens is 434 g/mol. The van der Waals surface area contributed by atoms with Gasteiger partial charge in [-0.15, -0.1) is 0 Å². The number of rotatable bonds is 6. The summed E-state index contributed by atoms with van der Waals surface area (Å²) >= 11 is 1.58. The molecule has 0 saturated carbocycles. The van der Waals surface area contributed by atoms with Crippen LogP contribution in [-0.2, 0) is 22.6 Å². The van der Waals surface area contributed by atoms with Gasteiger partial charge in [-0.1, -0.05) is 47.7 Å². The summed E-state index contributed by atoms with van der Waals surface area (Å²) in [6.45, 7) is 4.80. The highest BCUT2D eigenvalue weighted by molar-refractivity contribution is 7.22. The first-order chi connectivity index (χ1) is 16.3. The molecule has 7 nitrogen and oxygen atoms in total. The number of fused-ring (bicyclic) bond motifs is 1. The fraction of sp³-hybridized carbons (Fsp3) is 0.320. The Morgan fingerprint density at radius 3 is 2.82 bits per heavy atom. The van der Waals surface area contributed by atoms with Crippen molar-refractivity contribution in [3.8, 4) is 6.07 Å². The molecule has 3 aromatic rings. The van der Waals surface area contributed by atoms with Gasteiger partial charge in [-0.25, -0.2) is 9.98 Å². The number of aliphatic imine (C=N–C) groups is 1. The van der Waals surface area contributed by atoms with Gasteiger partial charge in [0.15, 0.2) is 5.13 Å². The van der Waals surface area contributed by atoms with Crippen LogP contribution in [0.2, 0.25) is 0 Å². The molecule has 1 atom stereocenters. The second-order valence-electron chi connectivity index (χ2n) is 8.01. The van der Waals surface area contributed by atoms with E-state index in [9.17, 15) is 5.26 Å². The van der Waals surface area contributed by atoms with Crippen LogP contribution < -0.4 is 4.90 Å². The molecule has 2 aliphatic rings. The maximum atomic E-state index is 9.36. The number of amidine groups is 1. The molecule has 0 N–H and O–H groups in total. The van der Waals surface area contributed by atoms with Crippen molar-refractivity contribution in [3.05, 3.63) is 71.9 Å². The lowest BCUT2D eigenvalue weighted by Gasteiger charge is -2.30. The van der Waals surface area contributed by atoms with E-state index in [4.69, 9.17) is 14.5 Å². The van der Waals surface area contributed by atoms with E-state index in [1.807, 2.05) is 35.2 Å². The Balaban J connectivity index is 1.33. The van der Waals surface area contributed by atoms with E-state index in [1.54, 1.807) is 17.5 Å². The van der Waals surface area contributed by atoms with E-state index in [0.717, 1.165) is 53.8 Å². The molecule has 33 heavy (non-hydrogen) atoms. The van der Waals surface area contributed by atoms with Gasteiger partial charge in [0.25, 0.3) is 6.02 Å². The van der Waals surface area contributed by atoms with Gasteiger partial charge in [-0.3, -0.25) is 9.80 Å². The third-order valence-electron chi connectivity index (χ3n) is 5.69. The molecule has 1 unspecified atom stereocenters. The summed E-state index contributed by atoms with van der Waals surface area (Å²) in [5, 5.41) is 10.1. The van der Waals surface area contributed by atoms with Crippen LogP contribution in [-0.4, -0.2) is 48.3 Å². The van der Waals surface area contributed by atoms with Crippen LogP contribution in [0.15, 0.2) is 65.8 Å². The molecule has 1 fully saturated rings. The lowest BCUT2D eigenvalue weighted by Crippen LogP contribution is -2.42. The molecule has 3 heterocycles. The molecule has 168 valence electrons. The second-order valence-corrected chi connectivity index (χ2v) is 9.02. The van der Waals surface area contributed by atoms with Gasteiger partial charge in [0.1, 0.15) is 6.61 Å². The molecule has 0 bridgehead atoms. The zero-order valence-electron chi connectivity index (χ0n) is 18.3. The molecule has 8 heteroatoms. The molecule has 2 aromatic carbocycles. The fourth-order valence-electron chi connectivity index (χ4n) is 4.03. The van der Waals surface area contributed by atoms with Gasteiger partial charge in [0.05, 0.1) is 42.0 Å². The van der Waals surface area contributed by atoms with Crippen LogP contribution in [0.25, 0.3) is 10.2 Å². The van der Waals surface area contributed by atoms with Gasteiger partial charge in [0, 0.05) is 25.8 Å². The number of ether oxygens (including phenoxy) is 2. The molecule has 0 aliphatic carbocycles. The van der Waals surface area contributed by atoms with Crippen molar-refractivity contribution < 1.29 is 9.47 Å². The minimum absolute atomic E-state index is 0.171. The number of nitriles is 1. The van der Waals surface area contributed by atoms with Crippen molar-refractivity contribution in [2.24, 2.45) is 4.99 Å². The summed E-state index contributed by atoms with van der Waals surface area (Å²) < 4.78 is 12.7. The zero-order valence-corrected chi connectivity index (χ0v) is 19.1. The van der Waals surface area contributed by atoms with E-state index in [1.165, 1.54) is 5.56 Å². The molecule has 1 aromatic heterocycles. The molecule has 2 aliphatic heterocycles. The largest absolute Gasteiger partial charge is 0.460 e. The SMILES string of the molecule is N#CCC1C=CN=C(OCc2cccc(CN3CCOCC3)c2)N1c1nc2ccccc2s1. The van der Waals surface area contributed by atoms with Crippen molar-refractivity contribution in [1.29, 1.82) is 5.26 Å². The van der Waals surface area contributed by atoms with Gasteiger partial charge in [0.2, 0.25) is 0 Å². The Bertz CT molecular complexity index is 1180. The number of nitrogens with zero attached hydrogens (tertiary/aromatic N) is 5. The minimum Gasteiger partial charge on any atom is -0.460 e. The predicted molar refractivity (Wildman–Crippen MR) is 130 cm³/mol. The number of aromatic nitrogens is 1. The Morgan fingerprint density at radius 2 is 1.97 bits per heavy atom. The standard InChI is InChI=1S/C25H25N5O2S/c26-10-8-21-9-11-27-24(30(21)25-28-22-6-1-2-7-23(22)33-25)32-18-20-5-3-4-19(16-20)17-29-12-14-31-15-13-29/h1-7,9,11,16,21H,8,12-15,17-18H2. The first kappa shape index (κ1) is 21.6. The lowest BCUT2D eigenvalue weighted by molar-refractivity contribution is 0.0342. The molecule has 0 amide bonds. The maximum absolute atomic E-state index is 9.36. The number of morpholine rings is 1. The summed E-state index contributed by atoms with van der Waals surface area (Å²) in [6, 6.07) is 19.1. The third kappa shape index (κ3) is 5.06. The molecular formula is C25H25N5O2S. The van der Waals surface area contributed by atoms with Gasteiger partial charge in [-0.2, -0.15) is 5.26 Å². The van der Waals surface area contributed by atoms with Crippen LogP contribution in [0.3, 0.4) is 0 Å². The quantitative estimate of drug-likeness (QED) is 0.547. The van der Waals surface area contributed by atoms with E-state index in [2.05, 4.69) is 40.2 Å². The molecule has 1 saturated heterocycles. The second kappa shape index (κ2) is 10.1. The van der Waals surface area contributed by atoms with Gasteiger partial charge >= 0.3 is 0 Å². The van der Waals surface area contributed by atoms with Crippen molar-refractivity contribution in [2.45, 2.75) is 25.6 Å². The smallest absolute Gasteiger partial charge is 0.299 e. The highest BCUT2D eigenvalue weighted by Crippen LogP contribution is 2.32. The number of hydrogen-bond donors (Lipinski definition) is 0. The number of para-hydroxylation sites is 1. The fourth-order valence-corrected chi connectivity index (χ4v) is 5.04. The Morgan fingerprint density at radius 1 is 1.12 bits per heavy atom. The van der Waals surface area contributed by atoms with Crippen molar-refractivity contribution in [1.82, 2.24) is 9.88 Å². The summed E-state index contributed by atoms with van der Waals surface area (Å²) in [5.41, 5.74) is 3.27. The molecule has 5 rings (SSSR count). The van der Waals surface area contributed by atoms with Crippen LogP contribution in [0, 0.1) is 11.3 Å². The van der Waals surface area contributed by atoms with Gasteiger partial charge in [-0.05, 0) is 29.3 Å². The first-order valence-corrected chi connectivity index (χ1v) is 11.9. The van der Waals surface area contributed by atoms with E-state index < -0.39 is 0 Å². The van der Waals surface area contributed by atoms with E-state index in [-0.39, 0.29) is 6.04 Å². The van der Waals surface area contributed by atoms with Gasteiger partial charge < -0.3 is 9.47 Å². The molecule has 0 spiro atoms. The number of anilines is 1. The van der Waals surface area contributed by atoms with Crippen LogP contribution in [0.1, 0.15) is 17.5 Å². The van der Waals surface area contributed by atoms with Crippen LogP contribution in [0.5, 0.6) is 0 Å². The topological polar surface area (TPSA) is 74.0 Å². The highest BCUT2D eigenvalue weighted by atomic mass is 32.1. The summed E-state index contributed by atoms with van der Waals surface area (Å²) in [7, 11) is 0. The first-order valence-electron chi connectivity index (χ1n) is 11.1. The monoisotopic (exact) mass is 459 g/mol. The van der Waals surface area contributed by atoms with Crippen molar-refractivity contribution in [2.75, 3.05) is 31.2 Å². The zero-order chi connectivity index (χ0) is 22.5. The van der Waals surface area contributed by atoms with E-state index in [0.29, 0.717) is 19.0 Å². The third-order valence-corrected chi connectivity index (χ3v) is 6.72. The van der Waals surface area contributed by atoms with Crippen molar-refractivity contribution in [3.63, 3.8) is 0 Å². The van der Waals surface area contributed by atoms with Crippen molar-refractivity contribution >= 4 is 32.7 Å². The summed E-state index contributed by atoms with van der Waals surface area (Å²) in [4.78, 5) is 13.6. The maximum Gasteiger partial charge on any atom is 0.299 e. The Labute approximate surface area is 197 Å². The lowest BCUT2D eigenvalue weighted by atomic mass is 10.1. The van der Waals surface area contributed by atoms with E-state index >= 15 is 0 Å². The Kier molecular flexibility index (Phi) is 6.63. The minimum atomic E-state index is -0.171. The summed E-state index contributed by atoms with van der Waals surface area (Å²) in [5.74, 6) is 0. The highest BCUT2D eigenvalue weighted by Gasteiger charge is 2.28.